The highest BCUT2D eigenvalue weighted by molar-refractivity contribution is 8.76. The highest BCUT2D eigenvalue weighted by Crippen LogP contribution is 2.47. The van der Waals surface area contributed by atoms with Gasteiger partial charge in [0.2, 0.25) is 5.91 Å². The number of benzene rings is 2. The van der Waals surface area contributed by atoms with E-state index in [1.54, 1.807) is 21.6 Å². The van der Waals surface area contributed by atoms with Crippen molar-refractivity contribution in [3.05, 3.63) is 59.7 Å². The van der Waals surface area contributed by atoms with E-state index in [9.17, 15) is 14.4 Å². The molecule has 2 aliphatic rings. The molecule has 0 radical (unpaired) electrons. The first-order chi connectivity index (χ1) is 19.2. The molecule has 2 atom stereocenters. The molecule has 4 rings (SSSR count). The quantitative estimate of drug-likeness (QED) is 0.174. The maximum atomic E-state index is 12.6. The number of alkyl carbamates (subject to hydrolysis) is 1. The Morgan fingerprint density at radius 1 is 1.02 bits per heavy atom. The number of hydrogen-bond donors (Lipinski definition) is 4. The van der Waals surface area contributed by atoms with Crippen molar-refractivity contribution in [1.82, 2.24) is 16.0 Å². The van der Waals surface area contributed by atoms with Gasteiger partial charge in [-0.3, -0.25) is 4.79 Å². The molecule has 0 bridgehead atoms. The van der Waals surface area contributed by atoms with Crippen molar-refractivity contribution in [3.63, 3.8) is 0 Å². The van der Waals surface area contributed by atoms with Crippen LogP contribution in [0, 0.1) is 0 Å². The lowest BCUT2D eigenvalue weighted by Crippen LogP contribution is -2.50. The van der Waals surface area contributed by atoms with Crippen molar-refractivity contribution in [2.45, 2.75) is 76.0 Å². The van der Waals surface area contributed by atoms with E-state index in [2.05, 4.69) is 64.5 Å². The molecule has 2 aromatic carbocycles. The molecule has 1 fully saturated rings. The number of carbonyl (C=O) groups is 3. The Hall–Kier alpha value is -2.85. The van der Waals surface area contributed by atoms with E-state index in [-0.39, 0.29) is 17.9 Å². The third-order valence-corrected chi connectivity index (χ3v) is 9.93. The number of nitrogens with one attached hydrogen (secondary N) is 3. The fraction of sp³-hybridized carbons (Fsp3) is 0.500. The normalized spacial score (nSPS) is 17.3. The minimum absolute atomic E-state index is 0.0646. The van der Waals surface area contributed by atoms with Gasteiger partial charge in [-0.15, -0.1) is 0 Å². The van der Waals surface area contributed by atoms with Gasteiger partial charge >= 0.3 is 12.2 Å². The molecule has 3 amide bonds. The molecule has 0 aromatic heterocycles. The second-order valence-corrected chi connectivity index (χ2v) is 13.6. The Labute approximate surface area is 244 Å². The number of fused-ring (bicyclic) bond motifs is 3. The molecule has 1 aliphatic heterocycles. The van der Waals surface area contributed by atoms with Gasteiger partial charge in [0.15, 0.2) is 0 Å². The van der Waals surface area contributed by atoms with E-state index in [4.69, 9.17) is 9.84 Å². The molecule has 4 N–H and O–H groups in total. The predicted molar refractivity (Wildman–Crippen MR) is 162 cm³/mol. The van der Waals surface area contributed by atoms with E-state index in [0.717, 1.165) is 24.3 Å². The average molecular weight is 586 g/mol. The lowest BCUT2D eigenvalue weighted by molar-refractivity contribution is -0.123. The minimum atomic E-state index is -1.22. The number of hydrogen-bond acceptors (Lipinski definition) is 6. The van der Waals surface area contributed by atoms with E-state index in [1.807, 2.05) is 13.8 Å². The topological polar surface area (TPSA) is 117 Å². The molecule has 2 aromatic rings. The summed E-state index contributed by atoms with van der Waals surface area (Å²) in [5.74, 6) is 1.77. The maximum absolute atomic E-state index is 12.6. The summed E-state index contributed by atoms with van der Waals surface area (Å²) in [5, 5.41) is 17.3. The Morgan fingerprint density at radius 2 is 1.70 bits per heavy atom. The van der Waals surface area contributed by atoms with Crippen molar-refractivity contribution in [1.29, 1.82) is 0 Å². The Morgan fingerprint density at radius 3 is 2.33 bits per heavy atom. The minimum Gasteiger partial charge on any atom is -0.465 e. The monoisotopic (exact) mass is 585 g/mol. The second-order valence-electron chi connectivity index (χ2n) is 10.9. The second kappa shape index (κ2) is 14.2. The smallest absolute Gasteiger partial charge is 0.407 e. The number of carbonyl (C=O) groups excluding carboxylic acids is 2. The van der Waals surface area contributed by atoms with Crippen LogP contribution < -0.4 is 16.0 Å². The molecule has 10 heteroatoms. The van der Waals surface area contributed by atoms with Crippen LogP contribution in [0.1, 0.15) is 69.4 Å². The first-order valence-electron chi connectivity index (χ1n) is 13.9. The number of rotatable bonds is 12. The van der Waals surface area contributed by atoms with Crippen LogP contribution in [-0.2, 0) is 9.53 Å². The third kappa shape index (κ3) is 8.33. The van der Waals surface area contributed by atoms with E-state index < -0.39 is 23.8 Å². The van der Waals surface area contributed by atoms with Gasteiger partial charge in [0.05, 0.1) is 0 Å². The third-order valence-electron chi connectivity index (χ3n) is 7.42. The summed E-state index contributed by atoms with van der Waals surface area (Å²) in [7, 11) is 3.50. The van der Waals surface area contributed by atoms with E-state index in [1.165, 1.54) is 22.3 Å². The zero-order valence-electron chi connectivity index (χ0n) is 23.1. The van der Waals surface area contributed by atoms with Crippen LogP contribution in [0.25, 0.3) is 11.1 Å². The van der Waals surface area contributed by atoms with Crippen molar-refractivity contribution >= 4 is 39.7 Å². The largest absolute Gasteiger partial charge is 0.465 e. The van der Waals surface area contributed by atoms with Crippen LogP contribution in [0.5, 0.6) is 0 Å². The zero-order valence-corrected chi connectivity index (χ0v) is 24.7. The summed E-state index contributed by atoms with van der Waals surface area (Å²) in [4.78, 5) is 36.4. The molecular formula is C30H39N3O5S2. The lowest BCUT2D eigenvalue weighted by Gasteiger charge is -2.27. The summed E-state index contributed by atoms with van der Waals surface area (Å²) in [5.41, 5.74) is 4.57. The van der Waals surface area contributed by atoms with E-state index in [0.29, 0.717) is 32.2 Å². The van der Waals surface area contributed by atoms with Crippen molar-refractivity contribution < 1.29 is 24.2 Å². The van der Waals surface area contributed by atoms with Crippen LogP contribution >= 0.6 is 21.6 Å². The molecule has 216 valence electrons. The summed E-state index contributed by atoms with van der Waals surface area (Å²) < 4.78 is 5.77. The summed E-state index contributed by atoms with van der Waals surface area (Å²) in [6, 6.07) is 16.3. The number of carboxylic acid groups (broad SMARTS) is 1. The molecule has 1 saturated heterocycles. The van der Waals surface area contributed by atoms with Crippen molar-refractivity contribution in [2.24, 2.45) is 0 Å². The fourth-order valence-corrected chi connectivity index (χ4v) is 7.79. The predicted octanol–water partition coefficient (Wildman–Crippen LogP) is 6.16. The standard InChI is InChI=1S/C30H39N3O5S2/c1-30(2,16-14-25-23-11-5-3-9-21(23)22-10-4-6-12-24(22)25)38-29(37)31-17-8-7-13-26(33-28(35)36)27(34)32-20-15-18-39-40-19-20/h3-6,9-12,20,25-26,33H,7-8,13-19H2,1-2H3,(H,31,37)(H,32,34)(H,35,36)/t20?,26-/m0/s1. The van der Waals surface area contributed by atoms with Gasteiger partial charge in [-0.05, 0) is 74.6 Å². The molecule has 0 spiro atoms. The zero-order chi connectivity index (χ0) is 28.5. The molecule has 8 nitrogen and oxygen atoms in total. The van der Waals surface area contributed by atoms with Gasteiger partial charge in [-0.1, -0.05) is 70.1 Å². The summed E-state index contributed by atoms with van der Waals surface area (Å²) in [6.07, 6.45) is 2.32. The molecule has 1 unspecified atom stereocenters. The lowest BCUT2D eigenvalue weighted by atomic mass is 9.88. The Kier molecular flexibility index (Phi) is 10.7. The number of unbranched alkanes of at least 4 members (excludes halogenated alkanes) is 1. The van der Waals surface area contributed by atoms with Crippen LogP contribution in [-0.4, -0.2) is 58.9 Å². The summed E-state index contributed by atoms with van der Waals surface area (Å²) >= 11 is 0. The molecule has 0 saturated carbocycles. The highest BCUT2D eigenvalue weighted by atomic mass is 33.1. The first kappa shape index (κ1) is 30.1. The SMILES string of the molecule is CC(C)(CCC1c2ccccc2-c2ccccc21)OC(=O)NCCCC[C@H](NC(=O)O)C(=O)NC1CCSSC1. The Bertz CT molecular complexity index is 1140. The van der Waals surface area contributed by atoms with Gasteiger partial charge in [0.1, 0.15) is 11.6 Å². The maximum Gasteiger partial charge on any atom is 0.407 e. The number of ether oxygens (including phenoxy) is 1. The van der Waals surface area contributed by atoms with Gasteiger partial charge in [0.25, 0.3) is 0 Å². The van der Waals surface area contributed by atoms with Gasteiger partial charge < -0.3 is 25.8 Å². The summed E-state index contributed by atoms with van der Waals surface area (Å²) in [6.45, 7) is 4.25. The highest BCUT2D eigenvalue weighted by Gasteiger charge is 2.31. The Balaban J connectivity index is 1.18. The van der Waals surface area contributed by atoms with Crippen LogP contribution in [0.15, 0.2) is 48.5 Å². The van der Waals surface area contributed by atoms with E-state index >= 15 is 0 Å². The van der Waals surface area contributed by atoms with Gasteiger partial charge in [-0.2, -0.15) is 0 Å². The van der Waals surface area contributed by atoms with Crippen molar-refractivity contribution in [2.75, 3.05) is 18.1 Å². The first-order valence-corrected chi connectivity index (χ1v) is 16.4. The fourth-order valence-electron chi connectivity index (χ4n) is 5.36. The molecule has 1 aliphatic carbocycles. The number of amides is 3. The molecular weight excluding hydrogens is 546 g/mol. The van der Waals surface area contributed by atoms with Crippen molar-refractivity contribution in [3.8, 4) is 11.1 Å². The molecule has 1 heterocycles. The molecule has 40 heavy (non-hydrogen) atoms. The average Bonchev–Trinajstić information content (AvgIpc) is 3.25. The van der Waals surface area contributed by atoms with Crippen LogP contribution in [0.3, 0.4) is 0 Å². The van der Waals surface area contributed by atoms with Crippen LogP contribution in [0.2, 0.25) is 0 Å². The van der Waals surface area contributed by atoms with Gasteiger partial charge in [-0.25, -0.2) is 9.59 Å². The van der Waals surface area contributed by atoms with Crippen LogP contribution in [0.4, 0.5) is 9.59 Å². The van der Waals surface area contributed by atoms with Gasteiger partial charge in [0, 0.05) is 30.0 Å².